The van der Waals surface area contributed by atoms with Gasteiger partial charge in [0.2, 0.25) is 5.91 Å². The lowest BCUT2D eigenvalue weighted by molar-refractivity contribution is -0.137. The van der Waals surface area contributed by atoms with Gasteiger partial charge in [-0.05, 0) is 36.4 Å². The first kappa shape index (κ1) is 24.1. The lowest BCUT2D eigenvalue weighted by atomic mass is 10.2. The normalized spacial score (nSPS) is 10.8. The van der Waals surface area contributed by atoms with Crippen LogP contribution in [-0.2, 0) is 9.59 Å². The van der Waals surface area contributed by atoms with Gasteiger partial charge >= 0.3 is 5.97 Å². The highest BCUT2D eigenvalue weighted by Crippen LogP contribution is 2.31. The van der Waals surface area contributed by atoms with Gasteiger partial charge in [-0.2, -0.15) is 0 Å². The molecule has 0 saturated carbocycles. The zero-order valence-corrected chi connectivity index (χ0v) is 18.7. The van der Waals surface area contributed by atoms with Crippen molar-refractivity contribution in [1.29, 1.82) is 0 Å². The molecule has 34 heavy (non-hydrogen) atoms. The lowest BCUT2D eigenvalue weighted by Gasteiger charge is -2.09. The number of esters is 1. The summed E-state index contributed by atoms with van der Waals surface area (Å²) in [5.41, 5.74) is 7.01. The van der Waals surface area contributed by atoms with E-state index < -0.39 is 5.91 Å². The Labute approximate surface area is 196 Å². The van der Waals surface area contributed by atoms with E-state index in [2.05, 4.69) is 25.8 Å². The number of azo groups is 1. The Morgan fingerprint density at radius 2 is 1.62 bits per heavy atom. The van der Waals surface area contributed by atoms with Crippen LogP contribution in [-0.4, -0.2) is 29.3 Å². The van der Waals surface area contributed by atoms with Crippen molar-refractivity contribution >= 4 is 40.8 Å². The summed E-state index contributed by atoms with van der Waals surface area (Å²) >= 11 is 0. The first-order valence-corrected chi connectivity index (χ1v) is 10.5. The van der Waals surface area contributed by atoms with E-state index in [0.717, 1.165) is 0 Å². The number of carbonyl (C=O) groups is 3. The molecule has 2 aromatic carbocycles. The second-order valence-electron chi connectivity index (χ2n) is 7.44. The highest BCUT2D eigenvalue weighted by Gasteiger charge is 2.13. The van der Waals surface area contributed by atoms with Crippen molar-refractivity contribution in [1.82, 2.24) is 10.3 Å². The highest BCUT2D eigenvalue weighted by atomic mass is 16.5. The van der Waals surface area contributed by atoms with Crippen LogP contribution in [0.25, 0.3) is 0 Å². The van der Waals surface area contributed by atoms with Crippen molar-refractivity contribution in [3.8, 4) is 5.75 Å². The zero-order valence-electron chi connectivity index (χ0n) is 18.7. The fourth-order valence-electron chi connectivity index (χ4n) is 2.62. The molecule has 0 aliphatic carbocycles. The van der Waals surface area contributed by atoms with E-state index in [1.807, 2.05) is 0 Å². The monoisotopic (exact) mass is 460 g/mol. The average molecular weight is 460 g/mol. The number of aromatic nitrogens is 1. The first-order valence-electron chi connectivity index (χ1n) is 10.5. The van der Waals surface area contributed by atoms with Gasteiger partial charge in [0.15, 0.2) is 11.6 Å². The minimum absolute atomic E-state index is 0.0338. The number of anilines is 2. The Bertz CT molecular complexity index is 1210. The molecule has 0 bridgehead atoms. The van der Waals surface area contributed by atoms with Gasteiger partial charge in [-0.25, -0.2) is 4.98 Å². The largest absolute Gasteiger partial charge is 0.424 e. The van der Waals surface area contributed by atoms with Crippen molar-refractivity contribution < 1.29 is 19.1 Å². The molecular formula is C24H24N6O4. The summed E-state index contributed by atoms with van der Waals surface area (Å²) in [4.78, 5) is 40.2. The molecule has 1 aromatic heterocycles. The molecular weight excluding hydrogens is 436 g/mol. The lowest BCUT2D eigenvalue weighted by Crippen LogP contribution is -2.33. The number of amides is 2. The van der Waals surface area contributed by atoms with Crippen LogP contribution < -0.4 is 21.1 Å². The van der Waals surface area contributed by atoms with Gasteiger partial charge in [0.25, 0.3) is 5.91 Å². The number of rotatable bonds is 8. The van der Waals surface area contributed by atoms with Crippen LogP contribution >= 0.6 is 0 Å². The molecule has 0 radical (unpaired) electrons. The van der Waals surface area contributed by atoms with Crippen molar-refractivity contribution in [3.05, 3.63) is 72.3 Å². The Hall–Kier alpha value is -4.60. The number of carbonyl (C=O) groups excluding carboxylic acids is 3. The van der Waals surface area contributed by atoms with Crippen molar-refractivity contribution in [2.24, 2.45) is 16.1 Å². The minimum atomic E-state index is -0.466. The van der Waals surface area contributed by atoms with Gasteiger partial charge in [-0.3, -0.25) is 14.4 Å². The Morgan fingerprint density at radius 1 is 0.941 bits per heavy atom. The molecule has 10 heteroatoms. The predicted octanol–water partition coefficient (Wildman–Crippen LogP) is 4.01. The van der Waals surface area contributed by atoms with Crippen LogP contribution in [0.3, 0.4) is 0 Å². The molecule has 3 aromatic rings. The Kier molecular flexibility index (Phi) is 8.01. The van der Waals surface area contributed by atoms with E-state index >= 15 is 0 Å². The maximum Gasteiger partial charge on any atom is 0.313 e. The number of hydrogen-bond acceptors (Lipinski definition) is 8. The summed E-state index contributed by atoms with van der Waals surface area (Å²) in [5, 5.41) is 13.3. The van der Waals surface area contributed by atoms with Crippen LogP contribution in [0.5, 0.6) is 5.75 Å². The van der Waals surface area contributed by atoms with Gasteiger partial charge in [0.1, 0.15) is 17.2 Å². The van der Waals surface area contributed by atoms with E-state index in [1.54, 1.807) is 68.4 Å². The van der Waals surface area contributed by atoms with Gasteiger partial charge in [0.05, 0.1) is 12.5 Å². The van der Waals surface area contributed by atoms with E-state index in [4.69, 9.17) is 10.5 Å². The van der Waals surface area contributed by atoms with Crippen molar-refractivity contribution in [2.75, 3.05) is 17.6 Å². The summed E-state index contributed by atoms with van der Waals surface area (Å²) in [6.45, 7) is 3.23. The van der Waals surface area contributed by atoms with E-state index in [-0.39, 0.29) is 47.4 Å². The molecule has 174 valence electrons. The number of nitrogen functional groups attached to an aromatic ring is 1. The average Bonchev–Trinajstić information content (AvgIpc) is 2.83. The number of pyridine rings is 1. The highest BCUT2D eigenvalue weighted by molar-refractivity contribution is 5.99. The summed E-state index contributed by atoms with van der Waals surface area (Å²) in [6, 6.07) is 18.3. The third-order valence-electron chi connectivity index (χ3n) is 4.43. The zero-order chi connectivity index (χ0) is 24.5. The van der Waals surface area contributed by atoms with Gasteiger partial charge < -0.3 is 21.1 Å². The number of para-hydroxylation sites is 1. The van der Waals surface area contributed by atoms with Crippen LogP contribution in [0.2, 0.25) is 0 Å². The van der Waals surface area contributed by atoms with Gasteiger partial charge in [0, 0.05) is 5.56 Å². The number of nitrogens with two attached hydrogens (primary N) is 1. The first-order chi connectivity index (χ1) is 16.3. The predicted molar refractivity (Wildman–Crippen MR) is 127 cm³/mol. The SMILES string of the molecule is CC(C)C(=O)Oc1ccccc1N=Nc1ccc(NC(=O)CNC(=O)c2ccccc2)nc1N. The summed E-state index contributed by atoms with van der Waals surface area (Å²) in [6.07, 6.45) is 0. The van der Waals surface area contributed by atoms with Crippen molar-refractivity contribution in [3.63, 3.8) is 0 Å². The standard InChI is InChI=1S/C24H24N6O4/c1-15(2)24(33)34-19-11-7-6-10-17(19)29-30-18-12-13-20(28-22(18)25)27-21(31)14-26-23(32)16-8-4-3-5-9-16/h3-13,15H,14H2,1-2H3,(H,26,32)(H3,25,27,28,31). The summed E-state index contributed by atoms with van der Waals surface area (Å²) in [5.74, 6) is -1.00. The van der Waals surface area contributed by atoms with Crippen molar-refractivity contribution in [2.45, 2.75) is 13.8 Å². The summed E-state index contributed by atoms with van der Waals surface area (Å²) in [7, 11) is 0. The molecule has 0 fully saturated rings. The maximum absolute atomic E-state index is 12.1. The molecule has 0 aliphatic rings. The third-order valence-corrected chi connectivity index (χ3v) is 4.43. The van der Waals surface area contributed by atoms with E-state index in [1.165, 1.54) is 12.1 Å². The fourth-order valence-corrected chi connectivity index (χ4v) is 2.62. The van der Waals surface area contributed by atoms with Gasteiger partial charge in [-0.15, -0.1) is 10.2 Å². The molecule has 0 saturated heterocycles. The smallest absolute Gasteiger partial charge is 0.313 e. The number of nitrogens with one attached hydrogen (secondary N) is 2. The minimum Gasteiger partial charge on any atom is -0.424 e. The molecule has 4 N–H and O–H groups in total. The molecule has 10 nitrogen and oxygen atoms in total. The molecule has 2 amide bonds. The third kappa shape index (κ3) is 6.70. The van der Waals surface area contributed by atoms with Crippen LogP contribution in [0.1, 0.15) is 24.2 Å². The Balaban J connectivity index is 1.61. The van der Waals surface area contributed by atoms with Crippen LogP contribution in [0, 0.1) is 5.92 Å². The van der Waals surface area contributed by atoms with Gasteiger partial charge in [-0.1, -0.05) is 44.2 Å². The quantitative estimate of drug-likeness (QED) is 0.263. The van der Waals surface area contributed by atoms with Crippen LogP contribution in [0.4, 0.5) is 23.0 Å². The second kappa shape index (κ2) is 11.3. The number of ether oxygens (including phenoxy) is 1. The van der Waals surface area contributed by atoms with Crippen LogP contribution in [0.15, 0.2) is 77.0 Å². The number of nitrogens with zero attached hydrogens (tertiary/aromatic N) is 3. The topological polar surface area (TPSA) is 148 Å². The fraction of sp³-hybridized carbons (Fsp3) is 0.167. The Morgan fingerprint density at radius 3 is 2.32 bits per heavy atom. The van der Waals surface area contributed by atoms with E-state index in [9.17, 15) is 14.4 Å². The maximum atomic E-state index is 12.1. The molecule has 0 spiro atoms. The van der Waals surface area contributed by atoms with E-state index in [0.29, 0.717) is 11.3 Å². The molecule has 1 heterocycles. The molecule has 0 aliphatic heterocycles. The molecule has 0 atom stereocenters. The molecule has 3 rings (SSSR count). The molecule has 0 unspecified atom stereocenters. The summed E-state index contributed by atoms with van der Waals surface area (Å²) < 4.78 is 5.34. The number of hydrogen-bond donors (Lipinski definition) is 3. The number of benzene rings is 2. The second-order valence-corrected chi connectivity index (χ2v) is 7.44.